The molecule has 6 heteroatoms. The number of ketones is 1. The lowest BCUT2D eigenvalue weighted by Gasteiger charge is -2.57. The van der Waals surface area contributed by atoms with E-state index in [1.807, 2.05) is 12.1 Å². The zero-order valence-corrected chi connectivity index (χ0v) is 17.0. The van der Waals surface area contributed by atoms with Crippen LogP contribution in [0.15, 0.2) is 43.1 Å². The van der Waals surface area contributed by atoms with Crippen molar-refractivity contribution in [2.24, 2.45) is 28.6 Å². The van der Waals surface area contributed by atoms with Crippen molar-refractivity contribution in [3.05, 3.63) is 54.4 Å². The summed E-state index contributed by atoms with van der Waals surface area (Å²) >= 11 is 0. The molecule has 0 spiro atoms. The molecule has 0 amide bonds. The summed E-state index contributed by atoms with van der Waals surface area (Å²) in [5.41, 5.74) is -0.603. The Morgan fingerprint density at radius 2 is 1.53 bits per heavy atom. The van der Waals surface area contributed by atoms with E-state index in [0.29, 0.717) is 23.4 Å². The molecule has 4 bridgehead atoms. The van der Waals surface area contributed by atoms with Crippen LogP contribution in [0.5, 0.6) is 0 Å². The second-order valence-corrected chi connectivity index (χ2v) is 9.82. The fraction of sp³-hybridized carbons (Fsp3) is 0.542. The number of carbonyl (C=O) groups is 2. The van der Waals surface area contributed by atoms with E-state index in [4.69, 9.17) is 0 Å². The first-order valence-corrected chi connectivity index (χ1v) is 10.9. The van der Waals surface area contributed by atoms with Crippen molar-refractivity contribution >= 4 is 11.8 Å². The van der Waals surface area contributed by atoms with Gasteiger partial charge in [0.05, 0.1) is 0 Å². The zero-order valence-electron chi connectivity index (χ0n) is 17.0. The average Bonchev–Trinajstić information content (AvgIpc) is 2.73. The standard InChI is InChI=1S/C24H27N3O3/c28-21(23-10-17-7-18(11-23)9-19(8-17)12-23)24(22(29)30,13-16-1-4-25-5-2-16)14-20-3-6-26-15-27-20/h1-6,15,17-19H,7-14H2,(H,29,30). The molecule has 6 nitrogen and oxygen atoms in total. The maximum absolute atomic E-state index is 14.3. The van der Waals surface area contributed by atoms with Crippen molar-refractivity contribution < 1.29 is 14.7 Å². The molecule has 4 saturated carbocycles. The number of pyridine rings is 1. The summed E-state index contributed by atoms with van der Waals surface area (Å²) < 4.78 is 0. The second kappa shape index (κ2) is 7.25. The molecule has 4 aliphatic carbocycles. The van der Waals surface area contributed by atoms with E-state index >= 15 is 0 Å². The molecule has 2 heterocycles. The summed E-state index contributed by atoms with van der Waals surface area (Å²) in [6.45, 7) is 0. The largest absolute Gasteiger partial charge is 0.480 e. The van der Waals surface area contributed by atoms with Crippen LogP contribution in [-0.4, -0.2) is 31.8 Å². The normalized spacial score (nSPS) is 31.3. The molecular formula is C24H27N3O3. The zero-order chi connectivity index (χ0) is 20.8. The van der Waals surface area contributed by atoms with Crippen molar-refractivity contribution in [2.45, 2.75) is 51.4 Å². The van der Waals surface area contributed by atoms with Crippen molar-refractivity contribution in [2.75, 3.05) is 0 Å². The number of carbonyl (C=O) groups excluding carboxylic acids is 1. The fourth-order valence-electron chi connectivity index (χ4n) is 6.95. The quantitative estimate of drug-likeness (QED) is 0.709. The number of carboxylic acid groups (broad SMARTS) is 1. The number of hydrogen-bond donors (Lipinski definition) is 1. The average molecular weight is 405 g/mol. The fourth-order valence-corrected chi connectivity index (χ4v) is 6.95. The number of aliphatic carboxylic acids is 1. The van der Waals surface area contributed by atoms with E-state index in [-0.39, 0.29) is 18.6 Å². The van der Waals surface area contributed by atoms with Crippen LogP contribution < -0.4 is 0 Å². The minimum atomic E-state index is -1.53. The molecule has 0 saturated heterocycles. The number of Topliss-reactive ketones (excluding diaryl/α,β-unsaturated/α-hetero) is 1. The van der Waals surface area contributed by atoms with Crippen molar-refractivity contribution in [1.82, 2.24) is 15.0 Å². The predicted octanol–water partition coefficient (Wildman–Crippen LogP) is 3.51. The second-order valence-electron chi connectivity index (χ2n) is 9.82. The third-order valence-corrected chi connectivity index (χ3v) is 7.75. The summed E-state index contributed by atoms with van der Waals surface area (Å²) in [4.78, 5) is 39.5. The SMILES string of the molecule is O=C(O)C(Cc1ccncc1)(Cc1ccncn1)C(=O)C12CC3CC(CC(C3)C1)C2. The van der Waals surface area contributed by atoms with Crippen LogP contribution in [0.1, 0.15) is 49.8 Å². The van der Waals surface area contributed by atoms with Crippen LogP contribution in [0.2, 0.25) is 0 Å². The van der Waals surface area contributed by atoms with Crippen molar-refractivity contribution in [3.8, 4) is 0 Å². The molecule has 30 heavy (non-hydrogen) atoms. The van der Waals surface area contributed by atoms with Crippen molar-refractivity contribution in [3.63, 3.8) is 0 Å². The van der Waals surface area contributed by atoms with Crippen LogP contribution in [0, 0.1) is 28.6 Å². The first-order valence-electron chi connectivity index (χ1n) is 10.9. The van der Waals surface area contributed by atoms with E-state index < -0.39 is 16.8 Å². The van der Waals surface area contributed by atoms with Crippen LogP contribution in [0.3, 0.4) is 0 Å². The maximum Gasteiger partial charge on any atom is 0.317 e. The molecule has 4 aliphatic rings. The topological polar surface area (TPSA) is 93.0 Å². The van der Waals surface area contributed by atoms with Crippen LogP contribution >= 0.6 is 0 Å². The van der Waals surface area contributed by atoms with Crippen LogP contribution in [0.4, 0.5) is 0 Å². The van der Waals surface area contributed by atoms with Gasteiger partial charge in [-0.25, -0.2) is 9.97 Å². The third kappa shape index (κ3) is 3.22. The highest BCUT2D eigenvalue weighted by atomic mass is 16.4. The van der Waals surface area contributed by atoms with Crippen LogP contribution in [0.25, 0.3) is 0 Å². The maximum atomic E-state index is 14.3. The van der Waals surface area contributed by atoms with Gasteiger partial charge in [-0.3, -0.25) is 14.6 Å². The van der Waals surface area contributed by atoms with E-state index in [2.05, 4.69) is 15.0 Å². The number of rotatable bonds is 7. The van der Waals surface area contributed by atoms with Gasteiger partial charge in [-0.1, -0.05) is 0 Å². The molecule has 0 aromatic carbocycles. The van der Waals surface area contributed by atoms with Gasteiger partial charge in [0.2, 0.25) is 0 Å². The van der Waals surface area contributed by atoms with Gasteiger partial charge in [0.15, 0.2) is 5.78 Å². The van der Waals surface area contributed by atoms with Crippen molar-refractivity contribution in [1.29, 1.82) is 0 Å². The van der Waals surface area contributed by atoms with E-state index in [9.17, 15) is 14.7 Å². The van der Waals surface area contributed by atoms with Gasteiger partial charge < -0.3 is 5.11 Å². The van der Waals surface area contributed by atoms with E-state index in [1.54, 1.807) is 24.7 Å². The van der Waals surface area contributed by atoms with Gasteiger partial charge in [-0.2, -0.15) is 0 Å². The Labute approximate surface area is 176 Å². The molecule has 156 valence electrons. The third-order valence-electron chi connectivity index (χ3n) is 7.75. The Hall–Kier alpha value is -2.63. The Morgan fingerprint density at radius 3 is 2.07 bits per heavy atom. The highest BCUT2D eigenvalue weighted by Crippen LogP contribution is 2.62. The smallest absolute Gasteiger partial charge is 0.317 e. The molecule has 6 rings (SSSR count). The minimum Gasteiger partial charge on any atom is -0.480 e. The molecule has 0 aliphatic heterocycles. The predicted molar refractivity (Wildman–Crippen MR) is 109 cm³/mol. The Morgan fingerprint density at radius 1 is 0.933 bits per heavy atom. The Kier molecular flexibility index (Phi) is 4.68. The number of nitrogens with zero attached hydrogens (tertiary/aromatic N) is 3. The highest BCUT2D eigenvalue weighted by molar-refractivity contribution is 6.06. The molecule has 1 N–H and O–H groups in total. The van der Waals surface area contributed by atoms with E-state index in [0.717, 1.165) is 24.8 Å². The summed E-state index contributed by atoms with van der Waals surface area (Å²) in [5.74, 6) is 0.612. The molecular weight excluding hydrogens is 378 g/mol. The van der Waals surface area contributed by atoms with Gasteiger partial charge in [-0.15, -0.1) is 0 Å². The number of hydrogen-bond acceptors (Lipinski definition) is 5. The van der Waals surface area contributed by atoms with Gasteiger partial charge in [0.1, 0.15) is 11.7 Å². The summed E-state index contributed by atoms with van der Waals surface area (Å²) in [6, 6.07) is 5.34. The van der Waals surface area contributed by atoms with Gasteiger partial charge in [-0.05, 0) is 86.5 Å². The molecule has 1 unspecified atom stereocenters. The highest BCUT2D eigenvalue weighted by Gasteiger charge is 2.61. The van der Waals surface area contributed by atoms with Gasteiger partial charge in [0.25, 0.3) is 0 Å². The number of aromatic nitrogens is 3. The Bertz CT molecular complexity index is 868. The van der Waals surface area contributed by atoms with Gasteiger partial charge >= 0.3 is 5.97 Å². The van der Waals surface area contributed by atoms with Gasteiger partial charge in [0, 0.05) is 36.1 Å². The molecule has 1 atom stereocenters. The minimum absolute atomic E-state index is 0.0722. The lowest BCUT2D eigenvalue weighted by molar-refractivity contribution is -0.167. The molecule has 2 aromatic rings. The number of carboxylic acids is 1. The summed E-state index contributed by atoms with van der Waals surface area (Å²) in [6.07, 6.45) is 12.8. The molecule has 4 fully saturated rings. The first kappa shape index (κ1) is 19.3. The summed E-state index contributed by atoms with van der Waals surface area (Å²) in [7, 11) is 0. The van der Waals surface area contributed by atoms with Crippen LogP contribution in [-0.2, 0) is 22.4 Å². The molecule has 2 aromatic heterocycles. The first-order chi connectivity index (χ1) is 14.5. The Balaban J connectivity index is 1.57. The summed E-state index contributed by atoms with van der Waals surface area (Å²) in [5, 5.41) is 10.5. The van der Waals surface area contributed by atoms with E-state index in [1.165, 1.54) is 25.6 Å². The lowest BCUT2D eigenvalue weighted by Crippen LogP contribution is -2.57. The monoisotopic (exact) mass is 405 g/mol. The lowest BCUT2D eigenvalue weighted by atomic mass is 9.46. The molecule has 0 radical (unpaired) electrons.